The number of anilines is 2. The SMILES string of the molecule is CN(C)[C@]1(CCc2cccc(C3CC3)c2)CCCN(c2cc(F)c(S(=O)(=O)Nc3ccncn3)c(F)c2)C1. The molecule has 0 unspecified atom stereocenters. The van der Waals surface area contributed by atoms with Gasteiger partial charge in [0, 0.05) is 30.5 Å². The Bertz CT molecular complexity index is 1380. The molecule has 0 spiro atoms. The summed E-state index contributed by atoms with van der Waals surface area (Å²) in [5, 5.41) is 0. The smallest absolute Gasteiger partial charge is 0.268 e. The quantitative estimate of drug-likeness (QED) is 0.412. The molecule has 2 fully saturated rings. The summed E-state index contributed by atoms with van der Waals surface area (Å²) in [6, 6.07) is 12.4. The average molecular weight is 542 g/mol. The summed E-state index contributed by atoms with van der Waals surface area (Å²) >= 11 is 0. The molecule has 1 aliphatic heterocycles. The van der Waals surface area contributed by atoms with Crippen LogP contribution < -0.4 is 9.62 Å². The number of piperidine rings is 1. The standard InChI is InChI=1S/C28H33F2N5O2S/c1-34(2)28(12-9-20-5-3-6-22(15-20)21-7-8-21)11-4-14-35(18-28)23-16-24(29)27(25(30)17-23)38(36,37)33-26-10-13-31-19-32-26/h3,5-6,10,13,15-17,19,21H,4,7-9,11-12,14,18H2,1-2H3,(H,31,32,33)/t28-/m0/s1. The molecule has 3 aromatic rings. The molecule has 1 N–H and O–H groups in total. The second kappa shape index (κ2) is 10.6. The highest BCUT2D eigenvalue weighted by Crippen LogP contribution is 2.40. The summed E-state index contributed by atoms with van der Waals surface area (Å²) in [6.45, 7) is 1.23. The summed E-state index contributed by atoms with van der Waals surface area (Å²) in [6.07, 6.45) is 8.67. The van der Waals surface area contributed by atoms with Gasteiger partial charge in [-0.2, -0.15) is 0 Å². The number of rotatable bonds is 9. The van der Waals surface area contributed by atoms with Crippen molar-refractivity contribution in [3.05, 3.63) is 77.8 Å². The van der Waals surface area contributed by atoms with Crippen molar-refractivity contribution in [3.63, 3.8) is 0 Å². The Balaban J connectivity index is 1.35. The predicted octanol–water partition coefficient (Wildman–Crippen LogP) is 4.97. The van der Waals surface area contributed by atoms with Gasteiger partial charge in [-0.25, -0.2) is 27.2 Å². The van der Waals surface area contributed by atoms with E-state index in [1.54, 1.807) is 0 Å². The molecule has 0 bridgehead atoms. The van der Waals surface area contributed by atoms with Crippen LogP contribution in [-0.4, -0.2) is 56.0 Å². The second-order valence-electron chi connectivity index (χ2n) is 10.6. The van der Waals surface area contributed by atoms with Crippen LogP contribution in [0.1, 0.15) is 49.1 Å². The first-order valence-electron chi connectivity index (χ1n) is 13.0. The summed E-state index contributed by atoms with van der Waals surface area (Å²) in [5.74, 6) is -1.65. The van der Waals surface area contributed by atoms with Crippen molar-refractivity contribution in [1.29, 1.82) is 0 Å². The van der Waals surface area contributed by atoms with Gasteiger partial charge in [-0.1, -0.05) is 24.3 Å². The Kier molecular flexibility index (Phi) is 7.37. The number of aryl methyl sites for hydroxylation is 1. The highest BCUT2D eigenvalue weighted by molar-refractivity contribution is 7.92. The van der Waals surface area contributed by atoms with Crippen molar-refractivity contribution in [2.24, 2.45) is 0 Å². The molecule has 7 nitrogen and oxygen atoms in total. The fraction of sp³-hybridized carbons (Fsp3) is 0.429. The zero-order valence-corrected chi connectivity index (χ0v) is 22.5. The lowest BCUT2D eigenvalue weighted by Gasteiger charge is -2.48. The van der Waals surface area contributed by atoms with Crippen LogP contribution in [0, 0.1) is 11.6 Å². The van der Waals surface area contributed by atoms with E-state index in [0.29, 0.717) is 24.7 Å². The van der Waals surface area contributed by atoms with E-state index in [2.05, 4.69) is 58.0 Å². The summed E-state index contributed by atoms with van der Waals surface area (Å²) in [5.41, 5.74) is 2.89. The third kappa shape index (κ3) is 5.66. The molecule has 2 aromatic carbocycles. The molecule has 1 saturated carbocycles. The first-order valence-corrected chi connectivity index (χ1v) is 14.4. The minimum Gasteiger partial charge on any atom is -0.370 e. The van der Waals surface area contributed by atoms with Crippen molar-refractivity contribution >= 4 is 21.5 Å². The van der Waals surface area contributed by atoms with E-state index in [1.165, 1.54) is 36.2 Å². The van der Waals surface area contributed by atoms with Crippen molar-refractivity contribution in [1.82, 2.24) is 14.9 Å². The summed E-state index contributed by atoms with van der Waals surface area (Å²) < 4.78 is 57.9. The Morgan fingerprint density at radius 1 is 1.13 bits per heavy atom. The normalized spacial score (nSPS) is 20.1. The molecule has 38 heavy (non-hydrogen) atoms. The van der Waals surface area contributed by atoms with E-state index in [-0.39, 0.29) is 11.4 Å². The van der Waals surface area contributed by atoms with Crippen LogP contribution in [0.15, 0.2) is 59.9 Å². The number of nitrogens with one attached hydrogen (secondary N) is 1. The lowest BCUT2D eigenvalue weighted by molar-refractivity contribution is 0.116. The monoisotopic (exact) mass is 541 g/mol. The van der Waals surface area contributed by atoms with Crippen LogP contribution in [0.3, 0.4) is 0 Å². The van der Waals surface area contributed by atoms with E-state index in [4.69, 9.17) is 0 Å². The van der Waals surface area contributed by atoms with Gasteiger partial charge in [0.1, 0.15) is 23.8 Å². The van der Waals surface area contributed by atoms with Crippen molar-refractivity contribution in [2.45, 2.75) is 54.9 Å². The Labute approximate surface area is 223 Å². The number of aromatic nitrogens is 2. The number of benzene rings is 2. The van der Waals surface area contributed by atoms with Crippen LogP contribution in [0.25, 0.3) is 0 Å². The molecular formula is C28H33F2N5O2S. The Morgan fingerprint density at radius 2 is 1.89 bits per heavy atom. The van der Waals surface area contributed by atoms with E-state index in [1.807, 2.05) is 4.90 Å². The van der Waals surface area contributed by atoms with Gasteiger partial charge in [0.15, 0.2) is 4.90 Å². The molecule has 10 heteroatoms. The maximum absolute atomic E-state index is 15.2. The number of hydrogen-bond acceptors (Lipinski definition) is 6. The van der Waals surface area contributed by atoms with Gasteiger partial charge in [0.2, 0.25) is 0 Å². The van der Waals surface area contributed by atoms with E-state index in [9.17, 15) is 8.42 Å². The van der Waals surface area contributed by atoms with Gasteiger partial charge in [-0.05, 0) is 87.9 Å². The van der Waals surface area contributed by atoms with Gasteiger partial charge in [0.05, 0.1) is 0 Å². The van der Waals surface area contributed by atoms with Crippen LogP contribution in [0.5, 0.6) is 0 Å². The van der Waals surface area contributed by atoms with Crippen LogP contribution >= 0.6 is 0 Å². The Morgan fingerprint density at radius 3 is 2.55 bits per heavy atom. The van der Waals surface area contributed by atoms with Crippen LogP contribution in [-0.2, 0) is 16.4 Å². The van der Waals surface area contributed by atoms with Crippen LogP contribution in [0.4, 0.5) is 20.3 Å². The van der Waals surface area contributed by atoms with Crippen LogP contribution in [0.2, 0.25) is 0 Å². The molecule has 5 rings (SSSR count). The second-order valence-corrected chi connectivity index (χ2v) is 12.2. The third-order valence-corrected chi connectivity index (χ3v) is 9.23. The molecular weight excluding hydrogens is 508 g/mol. The lowest BCUT2D eigenvalue weighted by Crippen LogP contribution is -2.56. The summed E-state index contributed by atoms with van der Waals surface area (Å²) in [7, 11) is -0.409. The molecule has 1 atom stereocenters. The van der Waals surface area contributed by atoms with Crippen molar-refractivity contribution in [3.8, 4) is 0 Å². The highest BCUT2D eigenvalue weighted by Gasteiger charge is 2.38. The first kappa shape index (κ1) is 26.5. The Hall–Kier alpha value is -3.11. The molecule has 0 amide bonds. The van der Waals surface area contributed by atoms with Gasteiger partial charge in [-0.3, -0.25) is 4.72 Å². The molecule has 202 valence electrons. The lowest BCUT2D eigenvalue weighted by atomic mass is 9.82. The van der Waals surface area contributed by atoms with Crippen molar-refractivity contribution < 1.29 is 17.2 Å². The minimum atomic E-state index is -4.52. The van der Waals surface area contributed by atoms with Gasteiger partial charge < -0.3 is 9.80 Å². The van der Waals surface area contributed by atoms with Gasteiger partial charge in [-0.15, -0.1) is 0 Å². The fourth-order valence-corrected chi connectivity index (χ4v) is 6.58. The predicted molar refractivity (Wildman–Crippen MR) is 144 cm³/mol. The summed E-state index contributed by atoms with van der Waals surface area (Å²) in [4.78, 5) is 10.6. The zero-order chi connectivity index (χ0) is 26.9. The first-order chi connectivity index (χ1) is 18.2. The molecule has 1 aromatic heterocycles. The van der Waals surface area contributed by atoms with Gasteiger partial charge in [0.25, 0.3) is 10.0 Å². The number of nitrogens with zero attached hydrogens (tertiary/aromatic N) is 4. The molecule has 0 radical (unpaired) electrons. The number of halogens is 2. The molecule has 2 aliphatic rings. The van der Waals surface area contributed by atoms with E-state index < -0.39 is 26.6 Å². The maximum atomic E-state index is 15.2. The maximum Gasteiger partial charge on any atom is 0.268 e. The third-order valence-electron chi connectivity index (χ3n) is 7.82. The number of likely N-dealkylation sites (N-methyl/N-ethyl adjacent to an activating group) is 1. The molecule has 1 aliphatic carbocycles. The van der Waals surface area contributed by atoms with E-state index in [0.717, 1.165) is 44.1 Å². The minimum absolute atomic E-state index is 0.0719. The molecule has 2 heterocycles. The average Bonchev–Trinajstić information content (AvgIpc) is 3.73. The highest BCUT2D eigenvalue weighted by atomic mass is 32.2. The molecule has 1 saturated heterocycles. The number of sulfonamides is 1. The fourth-order valence-electron chi connectivity index (χ4n) is 5.45. The number of hydrogen-bond donors (Lipinski definition) is 1. The van der Waals surface area contributed by atoms with Crippen molar-refractivity contribution in [2.75, 3.05) is 36.8 Å². The topological polar surface area (TPSA) is 78.4 Å². The van der Waals surface area contributed by atoms with E-state index >= 15 is 8.78 Å². The zero-order valence-electron chi connectivity index (χ0n) is 21.7. The van der Waals surface area contributed by atoms with Gasteiger partial charge >= 0.3 is 0 Å². The largest absolute Gasteiger partial charge is 0.370 e.